The molecule has 0 aromatic heterocycles. The van der Waals surface area contributed by atoms with Crippen LogP contribution in [-0.4, -0.2) is 49.7 Å². The second kappa shape index (κ2) is 7.70. The summed E-state index contributed by atoms with van der Waals surface area (Å²) in [6.07, 6.45) is 3.09. The molecule has 0 saturated carbocycles. The molecule has 1 N–H and O–H groups in total. The highest BCUT2D eigenvalue weighted by atomic mass is 35.5. The van der Waals surface area contributed by atoms with Gasteiger partial charge in [-0.1, -0.05) is 18.6 Å². The van der Waals surface area contributed by atoms with Crippen LogP contribution in [0.2, 0.25) is 0 Å². The van der Waals surface area contributed by atoms with E-state index in [2.05, 4.69) is 5.32 Å². The van der Waals surface area contributed by atoms with Crippen LogP contribution >= 0.6 is 12.4 Å². The Hall–Kier alpha value is -1.46. The molecule has 6 heteroatoms. The number of para-hydroxylation sites is 2. The first kappa shape index (κ1) is 16.9. The average molecular weight is 327 g/mol. The molecule has 2 heterocycles. The number of amides is 1. The van der Waals surface area contributed by atoms with Crippen molar-refractivity contribution >= 4 is 18.3 Å². The number of nitrogens with one attached hydrogen (secondary N) is 1. The van der Waals surface area contributed by atoms with E-state index in [1.807, 2.05) is 31.3 Å². The lowest BCUT2D eigenvalue weighted by Crippen LogP contribution is -2.50. The van der Waals surface area contributed by atoms with Gasteiger partial charge in [0.1, 0.15) is 6.61 Å². The molecule has 5 nitrogen and oxygen atoms in total. The van der Waals surface area contributed by atoms with Crippen LogP contribution in [0.1, 0.15) is 19.3 Å². The molecule has 1 fully saturated rings. The molecule has 0 aliphatic carbocycles. The third-order valence-corrected chi connectivity index (χ3v) is 4.03. The highest BCUT2D eigenvalue weighted by Crippen LogP contribution is 2.31. The van der Waals surface area contributed by atoms with Crippen LogP contribution in [-0.2, 0) is 4.79 Å². The molecular weight excluding hydrogens is 304 g/mol. The molecule has 0 spiro atoms. The first-order chi connectivity index (χ1) is 10.2. The van der Waals surface area contributed by atoms with Crippen molar-refractivity contribution < 1.29 is 14.3 Å². The van der Waals surface area contributed by atoms with E-state index in [1.165, 1.54) is 0 Å². The number of carbonyl (C=O) groups is 1. The van der Waals surface area contributed by atoms with Gasteiger partial charge in [-0.15, -0.1) is 12.4 Å². The summed E-state index contributed by atoms with van der Waals surface area (Å²) >= 11 is 0. The van der Waals surface area contributed by atoms with Crippen molar-refractivity contribution in [2.24, 2.45) is 0 Å². The van der Waals surface area contributed by atoms with Crippen molar-refractivity contribution in [2.45, 2.75) is 31.4 Å². The van der Waals surface area contributed by atoms with Gasteiger partial charge in [0.15, 0.2) is 17.6 Å². The van der Waals surface area contributed by atoms with Gasteiger partial charge < -0.3 is 19.7 Å². The van der Waals surface area contributed by atoms with Crippen LogP contribution in [0.3, 0.4) is 0 Å². The lowest BCUT2D eigenvalue weighted by molar-refractivity contribution is -0.134. The number of ether oxygens (including phenoxy) is 2. The van der Waals surface area contributed by atoms with Crippen molar-refractivity contribution in [3.8, 4) is 11.5 Å². The van der Waals surface area contributed by atoms with E-state index in [9.17, 15) is 4.79 Å². The predicted octanol–water partition coefficient (Wildman–Crippen LogP) is 1.85. The average Bonchev–Trinajstić information content (AvgIpc) is 2.55. The fourth-order valence-electron chi connectivity index (χ4n) is 2.88. The molecule has 1 saturated heterocycles. The molecular formula is C16H23ClN2O3. The summed E-state index contributed by atoms with van der Waals surface area (Å²) in [6, 6.07) is 7.59. The van der Waals surface area contributed by atoms with Crippen LogP contribution in [0.15, 0.2) is 24.3 Å². The summed E-state index contributed by atoms with van der Waals surface area (Å²) in [5.41, 5.74) is 0. The second-order valence-corrected chi connectivity index (χ2v) is 5.72. The zero-order valence-electron chi connectivity index (χ0n) is 12.8. The summed E-state index contributed by atoms with van der Waals surface area (Å²) < 4.78 is 11.6. The van der Waals surface area contributed by atoms with Crippen LogP contribution in [0, 0.1) is 0 Å². The smallest absolute Gasteiger partial charge is 0.239 e. The van der Waals surface area contributed by atoms with Crippen molar-refractivity contribution in [1.82, 2.24) is 10.2 Å². The minimum Gasteiger partial charge on any atom is -0.486 e. The molecule has 2 aliphatic rings. The van der Waals surface area contributed by atoms with Gasteiger partial charge in [-0.05, 0) is 31.5 Å². The van der Waals surface area contributed by atoms with E-state index in [1.54, 1.807) is 4.90 Å². The number of fused-ring (bicyclic) bond motifs is 1. The Morgan fingerprint density at radius 1 is 1.32 bits per heavy atom. The predicted molar refractivity (Wildman–Crippen MR) is 86.9 cm³/mol. The largest absolute Gasteiger partial charge is 0.486 e. The van der Waals surface area contributed by atoms with Gasteiger partial charge in [0.25, 0.3) is 0 Å². The topological polar surface area (TPSA) is 50.8 Å². The van der Waals surface area contributed by atoms with Crippen molar-refractivity contribution in [3.05, 3.63) is 24.3 Å². The van der Waals surface area contributed by atoms with Gasteiger partial charge in [0, 0.05) is 7.05 Å². The van der Waals surface area contributed by atoms with E-state index < -0.39 is 0 Å². The Labute approximate surface area is 137 Å². The Kier molecular flexibility index (Phi) is 5.91. The molecule has 22 heavy (non-hydrogen) atoms. The number of rotatable bonds is 3. The van der Waals surface area contributed by atoms with E-state index >= 15 is 0 Å². The van der Waals surface area contributed by atoms with Crippen molar-refractivity contribution in [3.63, 3.8) is 0 Å². The van der Waals surface area contributed by atoms with Gasteiger partial charge in [0.2, 0.25) is 5.91 Å². The third kappa shape index (κ3) is 3.84. The number of nitrogens with zero attached hydrogens (tertiary/aromatic N) is 1. The van der Waals surface area contributed by atoms with Crippen LogP contribution in [0.5, 0.6) is 11.5 Å². The van der Waals surface area contributed by atoms with Crippen molar-refractivity contribution in [2.75, 3.05) is 26.7 Å². The number of piperidine rings is 1. The summed E-state index contributed by atoms with van der Waals surface area (Å²) in [7, 11) is 1.84. The standard InChI is InChI=1S/C16H22N2O3.ClH/c1-18(16(19)13-6-4-5-9-17-13)10-12-11-20-14-7-2-3-8-15(14)21-12;/h2-3,7-8,12-13,17H,4-6,9-11H2,1H3;1H/t12?,13-;/m1./s1. The normalized spacial score (nSPS) is 23.3. The minimum atomic E-state index is -0.113. The minimum absolute atomic E-state index is 0. The summed E-state index contributed by atoms with van der Waals surface area (Å²) in [5.74, 6) is 1.68. The van der Waals surface area contributed by atoms with E-state index in [0.29, 0.717) is 13.2 Å². The lowest BCUT2D eigenvalue weighted by atomic mass is 10.0. The molecule has 2 atom stereocenters. The van der Waals surface area contributed by atoms with Crippen molar-refractivity contribution in [1.29, 1.82) is 0 Å². The van der Waals surface area contributed by atoms with Gasteiger partial charge >= 0.3 is 0 Å². The SMILES string of the molecule is CN(CC1COc2ccccc2O1)C(=O)[C@H]1CCCCN1.Cl. The molecule has 3 rings (SSSR count). The summed E-state index contributed by atoms with van der Waals surface area (Å²) in [6.45, 7) is 1.96. The Morgan fingerprint density at radius 3 is 2.82 bits per heavy atom. The second-order valence-electron chi connectivity index (χ2n) is 5.72. The number of hydrogen-bond donors (Lipinski definition) is 1. The number of halogens is 1. The quantitative estimate of drug-likeness (QED) is 0.921. The van der Waals surface area contributed by atoms with Crippen LogP contribution < -0.4 is 14.8 Å². The first-order valence-electron chi connectivity index (χ1n) is 7.61. The maximum atomic E-state index is 12.4. The Bertz CT molecular complexity index is 506. The van der Waals surface area contributed by atoms with E-state index in [-0.39, 0.29) is 30.5 Å². The molecule has 1 aromatic carbocycles. The molecule has 2 aliphatic heterocycles. The number of likely N-dealkylation sites (N-methyl/N-ethyl adjacent to an activating group) is 1. The van der Waals surface area contributed by atoms with Gasteiger partial charge in [-0.2, -0.15) is 0 Å². The van der Waals surface area contributed by atoms with Crippen LogP contribution in [0.25, 0.3) is 0 Å². The van der Waals surface area contributed by atoms with Crippen LogP contribution in [0.4, 0.5) is 0 Å². The van der Waals surface area contributed by atoms with E-state index in [0.717, 1.165) is 37.3 Å². The lowest BCUT2D eigenvalue weighted by Gasteiger charge is -2.32. The maximum Gasteiger partial charge on any atom is 0.239 e. The fraction of sp³-hybridized carbons (Fsp3) is 0.562. The Morgan fingerprint density at radius 2 is 2.09 bits per heavy atom. The summed E-state index contributed by atoms with van der Waals surface area (Å²) in [5, 5.41) is 3.29. The first-order valence-corrected chi connectivity index (χ1v) is 7.61. The number of hydrogen-bond acceptors (Lipinski definition) is 4. The number of carbonyl (C=O) groups excluding carboxylic acids is 1. The highest BCUT2D eigenvalue weighted by molar-refractivity contribution is 5.85. The molecule has 122 valence electrons. The fourth-order valence-corrected chi connectivity index (χ4v) is 2.88. The van der Waals surface area contributed by atoms with Gasteiger partial charge in [-0.3, -0.25) is 4.79 Å². The molecule has 1 aromatic rings. The Balaban J connectivity index is 0.00000176. The third-order valence-electron chi connectivity index (χ3n) is 4.03. The van der Waals surface area contributed by atoms with Gasteiger partial charge in [0.05, 0.1) is 12.6 Å². The molecule has 1 unspecified atom stereocenters. The highest BCUT2D eigenvalue weighted by Gasteiger charge is 2.27. The maximum absolute atomic E-state index is 12.4. The summed E-state index contributed by atoms with van der Waals surface area (Å²) in [4.78, 5) is 14.1. The van der Waals surface area contributed by atoms with Gasteiger partial charge in [-0.25, -0.2) is 0 Å². The zero-order chi connectivity index (χ0) is 14.7. The monoisotopic (exact) mass is 326 g/mol. The molecule has 0 radical (unpaired) electrons. The molecule has 0 bridgehead atoms. The molecule has 1 amide bonds. The zero-order valence-corrected chi connectivity index (χ0v) is 13.6. The van der Waals surface area contributed by atoms with E-state index in [4.69, 9.17) is 9.47 Å². The number of benzene rings is 1.